The summed E-state index contributed by atoms with van der Waals surface area (Å²) in [5.41, 5.74) is 5.94. The van der Waals surface area contributed by atoms with Crippen molar-refractivity contribution < 1.29 is 17.9 Å². The van der Waals surface area contributed by atoms with E-state index in [1.54, 1.807) is 7.05 Å². The third kappa shape index (κ3) is 3.03. The molecule has 6 nitrogen and oxygen atoms in total. The molecule has 0 bridgehead atoms. The van der Waals surface area contributed by atoms with Gasteiger partial charge in [-0.1, -0.05) is 12.8 Å². The molecule has 1 aromatic carbocycles. The lowest BCUT2D eigenvalue weighted by Gasteiger charge is -2.24. The normalized spacial score (nSPS) is 16.3. The Kier molecular flexibility index (Phi) is 4.53. The summed E-state index contributed by atoms with van der Waals surface area (Å²) < 4.78 is 31.5. The first-order valence-electron chi connectivity index (χ1n) is 6.84. The Labute approximate surface area is 124 Å². The first-order chi connectivity index (χ1) is 9.87. The number of rotatable bonds is 4. The number of benzene rings is 1. The number of hydrogen-bond donors (Lipinski definition) is 1. The van der Waals surface area contributed by atoms with E-state index in [0.717, 1.165) is 25.7 Å². The average Bonchev–Trinajstić information content (AvgIpc) is 2.99. The van der Waals surface area contributed by atoms with Crippen LogP contribution >= 0.6 is 0 Å². The monoisotopic (exact) mass is 312 g/mol. The molecule has 0 unspecified atom stereocenters. The van der Waals surface area contributed by atoms with Crippen LogP contribution < -0.4 is 5.73 Å². The molecule has 0 spiro atoms. The zero-order valence-corrected chi connectivity index (χ0v) is 13.0. The third-order valence-electron chi connectivity index (χ3n) is 3.90. The lowest BCUT2D eigenvalue weighted by molar-refractivity contribution is 0.0596. The number of ether oxygens (including phenoxy) is 1. The molecular formula is C14H20N2O4S. The summed E-state index contributed by atoms with van der Waals surface area (Å²) in [6.45, 7) is 0. The lowest BCUT2D eigenvalue weighted by atomic mass is 10.2. The summed E-state index contributed by atoms with van der Waals surface area (Å²) in [7, 11) is -0.979. The molecule has 0 heterocycles. The van der Waals surface area contributed by atoms with Gasteiger partial charge in [0.05, 0.1) is 17.6 Å². The number of sulfonamides is 1. The van der Waals surface area contributed by atoms with E-state index in [9.17, 15) is 13.2 Å². The van der Waals surface area contributed by atoms with Gasteiger partial charge in [0, 0.05) is 18.8 Å². The van der Waals surface area contributed by atoms with Gasteiger partial charge in [-0.3, -0.25) is 0 Å². The van der Waals surface area contributed by atoms with Gasteiger partial charge in [-0.15, -0.1) is 0 Å². The van der Waals surface area contributed by atoms with E-state index in [1.165, 1.54) is 29.6 Å². The van der Waals surface area contributed by atoms with E-state index >= 15 is 0 Å². The number of nitrogens with zero attached hydrogens (tertiary/aromatic N) is 1. The van der Waals surface area contributed by atoms with Gasteiger partial charge in [0.2, 0.25) is 10.0 Å². The van der Waals surface area contributed by atoms with Crippen molar-refractivity contribution in [2.75, 3.05) is 19.9 Å². The zero-order chi connectivity index (χ0) is 15.6. The number of nitrogens with two attached hydrogens (primary N) is 1. The number of anilines is 1. The van der Waals surface area contributed by atoms with E-state index in [2.05, 4.69) is 4.74 Å². The summed E-state index contributed by atoms with van der Waals surface area (Å²) in [6, 6.07) is 4.16. The van der Waals surface area contributed by atoms with E-state index in [1.807, 2.05) is 0 Å². The van der Waals surface area contributed by atoms with E-state index in [-0.39, 0.29) is 16.5 Å². The van der Waals surface area contributed by atoms with Crippen molar-refractivity contribution in [1.82, 2.24) is 4.31 Å². The summed E-state index contributed by atoms with van der Waals surface area (Å²) in [6.07, 6.45) is 3.74. The van der Waals surface area contributed by atoms with E-state index in [0.29, 0.717) is 5.69 Å². The molecule has 1 aromatic rings. The summed E-state index contributed by atoms with van der Waals surface area (Å²) in [5.74, 6) is -0.708. The number of methoxy groups -OCH3 is 1. The highest BCUT2D eigenvalue weighted by molar-refractivity contribution is 7.89. The van der Waals surface area contributed by atoms with Gasteiger partial charge in [0.1, 0.15) is 0 Å². The lowest BCUT2D eigenvalue weighted by Crippen LogP contribution is -2.36. The molecule has 7 heteroatoms. The molecule has 1 aliphatic rings. The maximum Gasteiger partial charge on any atom is 0.339 e. The first kappa shape index (κ1) is 15.8. The van der Waals surface area contributed by atoms with Crippen molar-refractivity contribution in [1.29, 1.82) is 0 Å². The molecule has 0 aliphatic heterocycles. The van der Waals surface area contributed by atoms with Gasteiger partial charge >= 0.3 is 5.97 Å². The van der Waals surface area contributed by atoms with Crippen LogP contribution in [0.15, 0.2) is 23.1 Å². The van der Waals surface area contributed by atoms with Gasteiger partial charge in [-0.05, 0) is 31.0 Å². The largest absolute Gasteiger partial charge is 0.465 e. The highest BCUT2D eigenvalue weighted by Gasteiger charge is 2.33. The topological polar surface area (TPSA) is 89.7 Å². The van der Waals surface area contributed by atoms with Gasteiger partial charge < -0.3 is 10.5 Å². The quantitative estimate of drug-likeness (QED) is 0.674. The molecule has 0 atom stereocenters. The molecule has 0 aromatic heterocycles. The molecule has 1 aliphatic carbocycles. The standard InChI is InChI=1S/C14H20N2O4S/c1-16(11-5-3-4-6-11)21(18,19)13-8-7-10(15)9-12(13)14(17)20-2/h7-9,11H,3-6,15H2,1-2H3. The van der Waals surface area contributed by atoms with Crippen LogP contribution in [0, 0.1) is 0 Å². The molecule has 116 valence electrons. The first-order valence-corrected chi connectivity index (χ1v) is 8.28. The second-order valence-corrected chi connectivity index (χ2v) is 7.17. The molecule has 2 rings (SSSR count). The minimum absolute atomic E-state index is 0.0157. The Morgan fingerprint density at radius 1 is 1.33 bits per heavy atom. The fourth-order valence-corrected chi connectivity index (χ4v) is 4.24. The van der Waals surface area contributed by atoms with E-state index < -0.39 is 16.0 Å². The van der Waals surface area contributed by atoms with Crippen molar-refractivity contribution in [3.05, 3.63) is 23.8 Å². The number of carbonyl (C=O) groups excluding carboxylic acids is 1. The molecule has 0 saturated heterocycles. The maximum absolute atomic E-state index is 12.7. The summed E-state index contributed by atoms with van der Waals surface area (Å²) in [5, 5.41) is 0. The zero-order valence-electron chi connectivity index (χ0n) is 12.2. The van der Waals surface area contributed by atoms with Crippen molar-refractivity contribution in [3.63, 3.8) is 0 Å². The molecule has 2 N–H and O–H groups in total. The van der Waals surface area contributed by atoms with Crippen LogP contribution in [-0.2, 0) is 14.8 Å². The molecule has 21 heavy (non-hydrogen) atoms. The second kappa shape index (κ2) is 6.03. The average molecular weight is 312 g/mol. The van der Waals surface area contributed by atoms with Crippen LogP contribution in [0.1, 0.15) is 36.0 Å². The second-order valence-electron chi connectivity index (χ2n) is 5.21. The smallest absolute Gasteiger partial charge is 0.339 e. The van der Waals surface area contributed by atoms with Crippen molar-refractivity contribution in [3.8, 4) is 0 Å². The van der Waals surface area contributed by atoms with Crippen LogP contribution in [0.4, 0.5) is 5.69 Å². The number of carbonyl (C=O) groups is 1. The van der Waals surface area contributed by atoms with E-state index in [4.69, 9.17) is 5.73 Å². The highest BCUT2D eigenvalue weighted by atomic mass is 32.2. The number of hydrogen-bond acceptors (Lipinski definition) is 5. The molecule has 0 amide bonds. The summed E-state index contributed by atoms with van der Waals surface area (Å²) in [4.78, 5) is 11.8. The SMILES string of the molecule is COC(=O)c1cc(N)ccc1S(=O)(=O)N(C)C1CCCC1. The maximum atomic E-state index is 12.7. The Hall–Kier alpha value is -1.60. The predicted octanol–water partition coefficient (Wildman–Crippen LogP) is 1.62. The van der Waals surface area contributed by atoms with Crippen molar-refractivity contribution >= 4 is 21.7 Å². The highest BCUT2D eigenvalue weighted by Crippen LogP contribution is 2.29. The van der Waals surface area contributed by atoms with Crippen LogP contribution in [0.3, 0.4) is 0 Å². The fourth-order valence-electron chi connectivity index (χ4n) is 2.66. The van der Waals surface area contributed by atoms with Gasteiger partial charge in [0.25, 0.3) is 0 Å². The molecule has 0 radical (unpaired) electrons. The fraction of sp³-hybridized carbons (Fsp3) is 0.500. The van der Waals surface area contributed by atoms with Crippen LogP contribution in [-0.4, -0.2) is 38.9 Å². The number of esters is 1. The van der Waals surface area contributed by atoms with Crippen molar-refractivity contribution in [2.24, 2.45) is 0 Å². The van der Waals surface area contributed by atoms with Gasteiger partial charge in [-0.2, -0.15) is 4.31 Å². The minimum atomic E-state index is -3.75. The van der Waals surface area contributed by atoms with Crippen LogP contribution in [0.25, 0.3) is 0 Å². The molecular weight excluding hydrogens is 292 g/mol. The Bertz CT molecular complexity index is 636. The number of nitrogen functional groups attached to an aromatic ring is 1. The molecule has 1 fully saturated rings. The predicted molar refractivity (Wildman–Crippen MR) is 79.4 cm³/mol. The Morgan fingerprint density at radius 3 is 2.52 bits per heavy atom. The Balaban J connectivity index is 2.46. The third-order valence-corrected chi connectivity index (χ3v) is 5.87. The Morgan fingerprint density at radius 2 is 1.95 bits per heavy atom. The minimum Gasteiger partial charge on any atom is -0.465 e. The van der Waals surface area contributed by atoms with Crippen molar-refractivity contribution in [2.45, 2.75) is 36.6 Å². The van der Waals surface area contributed by atoms with Gasteiger partial charge in [-0.25, -0.2) is 13.2 Å². The molecule has 1 saturated carbocycles. The van der Waals surface area contributed by atoms with Gasteiger partial charge in [0.15, 0.2) is 0 Å². The summed E-state index contributed by atoms with van der Waals surface area (Å²) >= 11 is 0. The van der Waals surface area contributed by atoms with Crippen LogP contribution in [0.5, 0.6) is 0 Å². The van der Waals surface area contributed by atoms with Crippen LogP contribution in [0.2, 0.25) is 0 Å².